The van der Waals surface area contributed by atoms with Gasteiger partial charge in [0.15, 0.2) is 5.96 Å². The van der Waals surface area contributed by atoms with Crippen LogP contribution in [0.1, 0.15) is 38.2 Å². The summed E-state index contributed by atoms with van der Waals surface area (Å²) in [6.45, 7) is 6.76. The molecule has 140 valence electrons. The minimum absolute atomic E-state index is 0. The number of guanidine groups is 1. The standard InChI is InChI=1S/C18H29N5O.HI/c1-18(8-5-11-24-18)14-22-17(19-2)21-13-15-6-7-16(20-12-15)23-9-3-4-10-23;/h6-7,12H,3-5,8-11,13-14H2,1-2H3,(H2,19,21,22);1H. The predicted molar refractivity (Wildman–Crippen MR) is 113 cm³/mol. The van der Waals surface area contributed by atoms with Crippen LogP contribution in [0.4, 0.5) is 5.82 Å². The third kappa shape index (κ3) is 5.70. The summed E-state index contributed by atoms with van der Waals surface area (Å²) >= 11 is 0. The Bertz CT molecular complexity index is 551. The number of hydrogen-bond acceptors (Lipinski definition) is 4. The Morgan fingerprint density at radius 1 is 1.28 bits per heavy atom. The molecule has 0 aromatic carbocycles. The normalized spacial score (nSPS) is 23.4. The first-order valence-electron chi connectivity index (χ1n) is 8.97. The molecule has 0 radical (unpaired) electrons. The maximum Gasteiger partial charge on any atom is 0.191 e. The summed E-state index contributed by atoms with van der Waals surface area (Å²) in [5.74, 6) is 1.89. The molecular formula is C18H30IN5O. The highest BCUT2D eigenvalue weighted by atomic mass is 127. The van der Waals surface area contributed by atoms with Gasteiger partial charge in [-0.05, 0) is 44.2 Å². The van der Waals surface area contributed by atoms with Crippen molar-refractivity contribution in [2.45, 2.75) is 44.8 Å². The Hall–Kier alpha value is -1.09. The van der Waals surface area contributed by atoms with Crippen molar-refractivity contribution in [3.05, 3.63) is 23.9 Å². The number of hydrogen-bond donors (Lipinski definition) is 2. The molecule has 7 heteroatoms. The first kappa shape index (κ1) is 20.2. The lowest BCUT2D eigenvalue weighted by molar-refractivity contribution is 0.0243. The molecule has 0 spiro atoms. The highest BCUT2D eigenvalue weighted by Crippen LogP contribution is 2.23. The van der Waals surface area contributed by atoms with Crippen LogP contribution < -0.4 is 15.5 Å². The lowest BCUT2D eigenvalue weighted by Crippen LogP contribution is -2.45. The lowest BCUT2D eigenvalue weighted by atomic mass is 10.0. The number of halogens is 1. The lowest BCUT2D eigenvalue weighted by Gasteiger charge is -2.24. The van der Waals surface area contributed by atoms with Crippen molar-refractivity contribution in [3.8, 4) is 0 Å². The second-order valence-electron chi connectivity index (χ2n) is 6.90. The molecule has 3 heterocycles. The summed E-state index contributed by atoms with van der Waals surface area (Å²) in [7, 11) is 1.79. The Morgan fingerprint density at radius 2 is 2.08 bits per heavy atom. The van der Waals surface area contributed by atoms with E-state index in [9.17, 15) is 0 Å². The summed E-state index contributed by atoms with van der Waals surface area (Å²) in [5, 5.41) is 6.71. The largest absolute Gasteiger partial charge is 0.373 e. The van der Waals surface area contributed by atoms with Crippen LogP contribution in [-0.2, 0) is 11.3 Å². The van der Waals surface area contributed by atoms with Gasteiger partial charge in [0.1, 0.15) is 5.82 Å². The van der Waals surface area contributed by atoms with E-state index >= 15 is 0 Å². The van der Waals surface area contributed by atoms with E-state index in [1.54, 1.807) is 7.05 Å². The van der Waals surface area contributed by atoms with E-state index in [2.05, 4.69) is 44.6 Å². The van der Waals surface area contributed by atoms with Gasteiger partial charge in [-0.15, -0.1) is 24.0 Å². The fourth-order valence-corrected chi connectivity index (χ4v) is 3.31. The Labute approximate surface area is 167 Å². The molecule has 3 rings (SSSR count). The average molecular weight is 459 g/mol. The van der Waals surface area contributed by atoms with Crippen molar-refractivity contribution in [2.24, 2.45) is 4.99 Å². The number of ether oxygens (including phenoxy) is 1. The van der Waals surface area contributed by atoms with Crippen LogP contribution in [0, 0.1) is 0 Å². The molecule has 0 amide bonds. The third-order valence-corrected chi connectivity index (χ3v) is 4.85. The second-order valence-corrected chi connectivity index (χ2v) is 6.90. The molecule has 6 nitrogen and oxygen atoms in total. The van der Waals surface area contributed by atoms with Crippen LogP contribution in [0.5, 0.6) is 0 Å². The molecular weight excluding hydrogens is 429 g/mol. The van der Waals surface area contributed by atoms with Gasteiger partial charge in [0.2, 0.25) is 0 Å². The number of anilines is 1. The average Bonchev–Trinajstić information content (AvgIpc) is 3.28. The second kappa shape index (κ2) is 9.56. The van der Waals surface area contributed by atoms with Crippen molar-refractivity contribution in [1.29, 1.82) is 0 Å². The van der Waals surface area contributed by atoms with E-state index in [-0.39, 0.29) is 29.6 Å². The molecule has 2 fully saturated rings. The quantitative estimate of drug-likeness (QED) is 0.403. The molecule has 2 aliphatic heterocycles. The first-order chi connectivity index (χ1) is 11.7. The van der Waals surface area contributed by atoms with Crippen LogP contribution in [-0.4, -0.2) is 49.8 Å². The number of aromatic nitrogens is 1. The van der Waals surface area contributed by atoms with Gasteiger partial charge in [0, 0.05) is 46.0 Å². The smallest absolute Gasteiger partial charge is 0.191 e. The van der Waals surface area contributed by atoms with Gasteiger partial charge < -0.3 is 20.3 Å². The van der Waals surface area contributed by atoms with Crippen LogP contribution >= 0.6 is 24.0 Å². The van der Waals surface area contributed by atoms with E-state index in [0.29, 0.717) is 6.54 Å². The Morgan fingerprint density at radius 3 is 2.68 bits per heavy atom. The molecule has 1 atom stereocenters. The fourth-order valence-electron chi connectivity index (χ4n) is 3.31. The summed E-state index contributed by atoms with van der Waals surface area (Å²) in [6.07, 6.45) is 6.73. The summed E-state index contributed by atoms with van der Waals surface area (Å²) in [6, 6.07) is 4.26. The maximum atomic E-state index is 5.80. The van der Waals surface area contributed by atoms with Gasteiger partial charge in [0.05, 0.1) is 5.60 Å². The minimum atomic E-state index is -0.0729. The van der Waals surface area contributed by atoms with Crippen molar-refractivity contribution >= 4 is 35.8 Å². The SMILES string of the molecule is CN=C(NCc1ccc(N2CCCC2)nc1)NCC1(C)CCCO1.I. The fraction of sp³-hybridized carbons (Fsp3) is 0.667. The monoisotopic (exact) mass is 459 g/mol. The molecule has 0 bridgehead atoms. The van der Waals surface area contributed by atoms with Crippen LogP contribution in [0.25, 0.3) is 0 Å². The summed E-state index contributed by atoms with van der Waals surface area (Å²) in [5.41, 5.74) is 1.08. The molecule has 2 N–H and O–H groups in total. The number of nitrogens with one attached hydrogen (secondary N) is 2. The molecule has 25 heavy (non-hydrogen) atoms. The molecule has 0 saturated carbocycles. The molecule has 0 aliphatic carbocycles. The van der Waals surface area contributed by atoms with Gasteiger partial charge in [-0.3, -0.25) is 4.99 Å². The van der Waals surface area contributed by atoms with Gasteiger partial charge in [0.25, 0.3) is 0 Å². The number of aliphatic imine (C=N–C) groups is 1. The zero-order valence-electron chi connectivity index (χ0n) is 15.3. The van der Waals surface area contributed by atoms with E-state index in [1.807, 2.05) is 6.20 Å². The molecule has 1 aromatic rings. The summed E-state index contributed by atoms with van der Waals surface area (Å²) in [4.78, 5) is 11.2. The predicted octanol–water partition coefficient (Wildman–Crippen LogP) is 2.53. The molecule has 1 unspecified atom stereocenters. The number of rotatable bonds is 5. The zero-order valence-corrected chi connectivity index (χ0v) is 17.6. The van der Waals surface area contributed by atoms with E-state index in [4.69, 9.17) is 4.74 Å². The summed E-state index contributed by atoms with van der Waals surface area (Å²) < 4.78 is 5.80. The minimum Gasteiger partial charge on any atom is -0.373 e. The number of pyridine rings is 1. The van der Waals surface area contributed by atoms with Crippen molar-refractivity contribution in [3.63, 3.8) is 0 Å². The van der Waals surface area contributed by atoms with Gasteiger partial charge in [-0.25, -0.2) is 4.98 Å². The van der Waals surface area contributed by atoms with Gasteiger partial charge >= 0.3 is 0 Å². The molecule has 2 aliphatic rings. The van der Waals surface area contributed by atoms with Gasteiger partial charge in [-0.1, -0.05) is 6.07 Å². The van der Waals surface area contributed by atoms with E-state index in [1.165, 1.54) is 12.8 Å². The van der Waals surface area contributed by atoms with Crippen molar-refractivity contribution < 1.29 is 4.74 Å². The van der Waals surface area contributed by atoms with E-state index < -0.39 is 0 Å². The Balaban J connectivity index is 0.00000225. The highest BCUT2D eigenvalue weighted by molar-refractivity contribution is 14.0. The van der Waals surface area contributed by atoms with Crippen molar-refractivity contribution in [2.75, 3.05) is 38.2 Å². The zero-order chi connectivity index (χ0) is 16.8. The molecule has 1 aromatic heterocycles. The number of nitrogens with zero attached hydrogens (tertiary/aromatic N) is 3. The Kier molecular flexibility index (Phi) is 7.74. The maximum absolute atomic E-state index is 5.80. The van der Waals surface area contributed by atoms with Gasteiger partial charge in [-0.2, -0.15) is 0 Å². The van der Waals surface area contributed by atoms with Crippen LogP contribution in [0.3, 0.4) is 0 Å². The van der Waals surface area contributed by atoms with Crippen LogP contribution in [0.15, 0.2) is 23.3 Å². The first-order valence-corrected chi connectivity index (χ1v) is 8.97. The molecule has 2 saturated heterocycles. The third-order valence-electron chi connectivity index (χ3n) is 4.85. The van der Waals surface area contributed by atoms with Crippen LogP contribution in [0.2, 0.25) is 0 Å². The topological polar surface area (TPSA) is 61.8 Å². The van der Waals surface area contributed by atoms with E-state index in [0.717, 1.165) is 56.4 Å². The highest BCUT2D eigenvalue weighted by Gasteiger charge is 2.29. The van der Waals surface area contributed by atoms with Crippen molar-refractivity contribution in [1.82, 2.24) is 15.6 Å².